The summed E-state index contributed by atoms with van der Waals surface area (Å²) in [5.41, 5.74) is 0.171. The zero-order valence-corrected chi connectivity index (χ0v) is 16.8. The van der Waals surface area contributed by atoms with Gasteiger partial charge in [-0.05, 0) is 57.6 Å². The van der Waals surface area contributed by atoms with Crippen molar-refractivity contribution in [3.8, 4) is 0 Å². The maximum atomic E-state index is 13.5. The van der Waals surface area contributed by atoms with E-state index in [1.807, 2.05) is 7.05 Å². The van der Waals surface area contributed by atoms with E-state index >= 15 is 0 Å². The molecule has 1 saturated heterocycles. The summed E-state index contributed by atoms with van der Waals surface area (Å²) in [6.45, 7) is 3.50. The van der Waals surface area contributed by atoms with Crippen molar-refractivity contribution in [2.75, 3.05) is 30.7 Å². The van der Waals surface area contributed by atoms with E-state index in [9.17, 15) is 17.6 Å². The van der Waals surface area contributed by atoms with Crippen LogP contribution in [-0.4, -0.2) is 57.7 Å². The van der Waals surface area contributed by atoms with E-state index in [4.69, 9.17) is 11.6 Å². The molecule has 9 heteroatoms. The van der Waals surface area contributed by atoms with Gasteiger partial charge in [-0.2, -0.15) is 0 Å². The van der Waals surface area contributed by atoms with Gasteiger partial charge in [0.05, 0.1) is 17.0 Å². The average Bonchev–Trinajstić information content (AvgIpc) is 2.56. The number of anilines is 1. The lowest BCUT2D eigenvalue weighted by atomic mass is 10.0. The normalized spacial score (nSPS) is 17.7. The van der Waals surface area contributed by atoms with E-state index in [0.717, 1.165) is 42.6 Å². The zero-order valence-electron chi connectivity index (χ0n) is 15.2. The summed E-state index contributed by atoms with van der Waals surface area (Å²) in [6.07, 6.45) is 2.94. The third-order valence-electron chi connectivity index (χ3n) is 4.55. The van der Waals surface area contributed by atoms with E-state index in [1.54, 1.807) is 6.92 Å². The fourth-order valence-corrected chi connectivity index (χ4v) is 4.51. The van der Waals surface area contributed by atoms with Gasteiger partial charge >= 0.3 is 0 Å². The third-order valence-corrected chi connectivity index (χ3v) is 6.02. The molecule has 1 amide bonds. The van der Waals surface area contributed by atoms with Gasteiger partial charge in [-0.25, -0.2) is 12.8 Å². The lowest BCUT2D eigenvalue weighted by Crippen LogP contribution is -2.53. The van der Waals surface area contributed by atoms with Gasteiger partial charge in [0.1, 0.15) is 11.9 Å². The molecule has 1 aliphatic rings. The van der Waals surface area contributed by atoms with Crippen molar-refractivity contribution in [1.82, 2.24) is 10.2 Å². The van der Waals surface area contributed by atoms with Gasteiger partial charge in [0.15, 0.2) is 0 Å². The van der Waals surface area contributed by atoms with Gasteiger partial charge < -0.3 is 10.2 Å². The minimum absolute atomic E-state index is 0.0194. The minimum Gasteiger partial charge on any atom is -0.351 e. The van der Waals surface area contributed by atoms with Crippen LogP contribution in [-0.2, 0) is 14.8 Å². The first-order valence-corrected chi connectivity index (χ1v) is 10.8. The highest BCUT2D eigenvalue weighted by Crippen LogP contribution is 2.27. The van der Waals surface area contributed by atoms with E-state index in [1.165, 1.54) is 12.1 Å². The summed E-state index contributed by atoms with van der Waals surface area (Å²) in [6, 6.07) is 2.73. The highest BCUT2D eigenvalue weighted by atomic mass is 35.5. The summed E-state index contributed by atoms with van der Waals surface area (Å²) in [5.74, 6) is -0.999. The topological polar surface area (TPSA) is 69.7 Å². The molecular weight excluding hydrogens is 381 g/mol. The summed E-state index contributed by atoms with van der Waals surface area (Å²) >= 11 is 5.80. The molecule has 6 nitrogen and oxygen atoms in total. The number of nitrogens with one attached hydrogen (secondary N) is 1. The molecule has 1 fully saturated rings. The highest BCUT2D eigenvalue weighted by Gasteiger charge is 2.33. The number of sulfonamides is 1. The molecule has 0 aliphatic carbocycles. The predicted octanol–water partition coefficient (Wildman–Crippen LogP) is 2.23. The van der Waals surface area contributed by atoms with E-state index in [2.05, 4.69) is 10.2 Å². The molecule has 146 valence electrons. The Balaban J connectivity index is 2.26. The zero-order chi connectivity index (χ0) is 19.5. The second-order valence-corrected chi connectivity index (χ2v) is 8.93. The number of hydrogen-bond donors (Lipinski definition) is 1. The molecule has 1 atom stereocenters. The largest absolute Gasteiger partial charge is 0.351 e. The Morgan fingerprint density at radius 1 is 1.42 bits per heavy atom. The SMILES string of the molecule is CCC(C(=O)NC1CCN(C)CC1)N(c1ccc(F)c(Cl)c1)S(C)(=O)=O. The van der Waals surface area contributed by atoms with Crippen molar-refractivity contribution >= 4 is 33.2 Å². The van der Waals surface area contributed by atoms with E-state index < -0.39 is 21.9 Å². The molecule has 0 bridgehead atoms. The Bertz CT molecular complexity index is 752. The first-order chi connectivity index (χ1) is 12.1. The molecule has 1 heterocycles. The molecule has 0 radical (unpaired) electrons. The smallest absolute Gasteiger partial charge is 0.244 e. The lowest BCUT2D eigenvalue weighted by molar-refractivity contribution is -0.123. The summed E-state index contributed by atoms with van der Waals surface area (Å²) < 4.78 is 39.2. The number of benzene rings is 1. The van der Waals surface area contributed by atoms with Gasteiger partial charge in [0.2, 0.25) is 15.9 Å². The number of halogens is 2. The molecule has 0 spiro atoms. The van der Waals surface area contributed by atoms with E-state index in [0.29, 0.717) is 0 Å². The monoisotopic (exact) mass is 405 g/mol. The predicted molar refractivity (Wildman–Crippen MR) is 101 cm³/mol. The summed E-state index contributed by atoms with van der Waals surface area (Å²) in [4.78, 5) is 15.0. The van der Waals surface area contributed by atoms with Crippen LogP contribution >= 0.6 is 11.6 Å². The van der Waals surface area contributed by atoms with Crippen LogP contribution in [0.4, 0.5) is 10.1 Å². The number of hydrogen-bond acceptors (Lipinski definition) is 4. The molecule has 1 aliphatic heterocycles. The maximum absolute atomic E-state index is 13.5. The number of carbonyl (C=O) groups excluding carboxylic acids is 1. The van der Waals surface area contributed by atoms with Crippen molar-refractivity contribution in [3.63, 3.8) is 0 Å². The molecule has 1 aromatic carbocycles. The Labute approximate surface area is 159 Å². The molecule has 0 aromatic heterocycles. The Hall–Kier alpha value is -1.38. The van der Waals surface area contributed by atoms with Gasteiger partial charge in [-0.3, -0.25) is 9.10 Å². The third kappa shape index (κ3) is 5.08. The Morgan fingerprint density at radius 2 is 2.04 bits per heavy atom. The van der Waals surface area contributed by atoms with Crippen LogP contribution in [0.1, 0.15) is 26.2 Å². The first kappa shape index (κ1) is 20.9. The number of likely N-dealkylation sites (tertiary alicyclic amines) is 1. The second-order valence-electron chi connectivity index (χ2n) is 6.67. The van der Waals surface area contributed by atoms with Crippen molar-refractivity contribution < 1.29 is 17.6 Å². The maximum Gasteiger partial charge on any atom is 0.244 e. The van der Waals surface area contributed by atoms with Crippen LogP contribution in [0.15, 0.2) is 18.2 Å². The van der Waals surface area contributed by atoms with Crippen LogP contribution in [0.25, 0.3) is 0 Å². The molecular formula is C17H25ClFN3O3S. The number of carbonyl (C=O) groups is 1. The minimum atomic E-state index is -3.77. The molecule has 2 rings (SSSR count). The van der Waals surface area contributed by atoms with Gasteiger partial charge in [0, 0.05) is 6.04 Å². The van der Waals surface area contributed by atoms with Crippen molar-refractivity contribution in [2.45, 2.75) is 38.3 Å². The van der Waals surface area contributed by atoms with Crippen molar-refractivity contribution in [1.29, 1.82) is 0 Å². The average molecular weight is 406 g/mol. The molecule has 1 unspecified atom stereocenters. The first-order valence-electron chi connectivity index (χ1n) is 8.56. The van der Waals surface area contributed by atoms with Gasteiger partial charge in [-0.1, -0.05) is 18.5 Å². The van der Waals surface area contributed by atoms with Crippen LogP contribution in [0, 0.1) is 5.82 Å². The molecule has 0 saturated carbocycles. The summed E-state index contributed by atoms with van der Waals surface area (Å²) in [7, 11) is -1.75. The molecule has 26 heavy (non-hydrogen) atoms. The number of piperidine rings is 1. The van der Waals surface area contributed by atoms with Crippen molar-refractivity contribution in [2.24, 2.45) is 0 Å². The standard InChI is InChI=1S/C17H25ClFN3O3S/c1-4-16(17(23)20-12-7-9-21(2)10-8-12)22(26(3,24)25)13-5-6-15(19)14(18)11-13/h5-6,11-12,16H,4,7-10H2,1-3H3,(H,20,23). The highest BCUT2D eigenvalue weighted by molar-refractivity contribution is 7.92. The van der Waals surface area contributed by atoms with E-state index in [-0.39, 0.29) is 29.1 Å². The van der Waals surface area contributed by atoms with Gasteiger partial charge in [0.25, 0.3) is 0 Å². The summed E-state index contributed by atoms with van der Waals surface area (Å²) in [5, 5.41) is 2.77. The van der Waals surface area contributed by atoms with Crippen LogP contribution in [0.3, 0.4) is 0 Å². The van der Waals surface area contributed by atoms with Crippen LogP contribution < -0.4 is 9.62 Å². The van der Waals surface area contributed by atoms with Crippen LogP contribution in [0.2, 0.25) is 5.02 Å². The number of nitrogens with zero attached hydrogens (tertiary/aromatic N) is 2. The lowest BCUT2D eigenvalue weighted by Gasteiger charge is -2.34. The molecule has 1 N–H and O–H groups in total. The van der Waals surface area contributed by atoms with Crippen molar-refractivity contribution in [3.05, 3.63) is 29.0 Å². The number of amides is 1. The fraction of sp³-hybridized carbons (Fsp3) is 0.588. The Morgan fingerprint density at radius 3 is 2.54 bits per heavy atom. The quantitative estimate of drug-likeness (QED) is 0.788. The van der Waals surface area contributed by atoms with Gasteiger partial charge in [-0.15, -0.1) is 0 Å². The Kier molecular flexibility index (Phi) is 6.87. The fourth-order valence-electron chi connectivity index (χ4n) is 3.13. The second kappa shape index (κ2) is 8.54. The number of rotatable bonds is 6. The molecule has 1 aromatic rings. The van der Waals surface area contributed by atoms with Crippen LogP contribution in [0.5, 0.6) is 0 Å².